The van der Waals surface area contributed by atoms with Crippen LogP contribution < -0.4 is 0 Å². The molecule has 0 aromatic heterocycles. The van der Waals surface area contributed by atoms with Crippen molar-refractivity contribution in [2.45, 2.75) is 19.3 Å². The molecule has 3 rings (SSSR count). The van der Waals surface area contributed by atoms with Gasteiger partial charge in [0.05, 0.1) is 0 Å². The molecule has 0 unspecified atom stereocenters. The van der Waals surface area contributed by atoms with Gasteiger partial charge in [0.15, 0.2) is 0 Å². The van der Waals surface area contributed by atoms with Crippen LogP contribution in [0.2, 0.25) is 0 Å². The van der Waals surface area contributed by atoms with Gasteiger partial charge in [-0.15, -0.1) is 0 Å². The molecule has 3 aliphatic carbocycles. The van der Waals surface area contributed by atoms with Crippen LogP contribution in [-0.4, -0.2) is 0 Å². The number of rotatable bonds is 0. The fourth-order valence-electron chi connectivity index (χ4n) is 2.21. The van der Waals surface area contributed by atoms with E-state index >= 15 is 0 Å². The molecule has 60 valence electrons. The normalized spacial score (nSPS) is 28.5. The van der Waals surface area contributed by atoms with E-state index in [1.807, 2.05) is 0 Å². The number of hydrogen-bond acceptors (Lipinski definition) is 0. The molecular formula is C12H12. The van der Waals surface area contributed by atoms with E-state index in [0.29, 0.717) is 5.41 Å². The van der Waals surface area contributed by atoms with E-state index in [2.05, 4.69) is 30.9 Å². The summed E-state index contributed by atoms with van der Waals surface area (Å²) in [6.07, 6.45) is 12.8. The third-order valence-corrected chi connectivity index (χ3v) is 3.27. The predicted molar refractivity (Wildman–Crippen MR) is 50.7 cm³/mol. The Labute approximate surface area is 73.0 Å². The van der Waals surface area contributed by atoms with Crippen LogP contribution in [0.4, 0.5) is 0 Å². The molecule has 0 heteroatoms. The quantitative estimate of drug-likeness (QED) is 0.473. The third kappa shape index (κ3) is 0.677. The SMILES string of the molecule is C=C1CC2=CC=CC2=CC12CC2. The minimum Gasteiger partial charge on any atom is -0.0986 e. The van der Waals surface area contributed by atoms with Gasteiger partial charge in [-0.1, -0.05) is 36.5 Å². The Kier molecular flexibility index (Phi) is 0.982. The maximum atomic E-state index is 4.18. The highest BCUT2D eigenvalue weighted by Gasteiger charge is 2.45. The fourth-order valence-corrected chi connectivity index (χ4v) is 2.21. The second-order valence-corrected chi connectivity index (χ2v) is 4.09. The lowest BCUT2D eigenvalue weighted by Crippen LogP contribution is -2.08. The van der Waals surface area contributed by atoms with Crippen molar-refractivity contribution in [3.63, 3.8) is 0 Å². The Balaban J connectivity index is 2.13. The molecule has 0 saturated heterocycles. The molecule has 12 heavy (non-hydrogen) atoms. The second kappa shape index (κ2) is 1.82. The van der Waals surface area contributed by atoms with Gasteiger partial charge in [-0.05, 0) is 30.4 Å². The number of fused-ring (bicyclic) bond motifs is 1. The van der Waals surface area contributed by atoms with Crippen LogP contribution in [0.3, 0.4) is 0 Å². The maximum Gasteiger partial charge on any atom is 0.0101 e. The molecule has 0 radical (unpaired) electrons. The average Bonchev–Trinajstić information content (AvgIpc) is 2.67. The van der Waals surface area contributed by atoms with Crippen LogP contribution in [0.15, 0.2) is 47.6 Å². The smallest absolute Gasteiger partial charge is 0.0101 e. The van der Waals surface area contributed by atoms with Gasteiger partial charge in [0.2, 0.25) is 0 Å². The van der Waals surface area contributed by atoms with Gasteiger partial charge in [0, 0.05) is 5.41 Å². The van der Waals surface area contributed by atoms with Crippen LogP contribution in [0.25, 0.3) is 0 Å². The van der Waals surface area contributed by atoms with Crippen molar-refractivity contribution >= 4 is 0 Å². The van der Waals surface area contributed by atoms with Crippen LogP contribution in [0.1, 0.15) is 19.3 Å². The van der Waals surface area contributed by atoms with Gasteiger partial charge in [0.25, 0.3) is 0 Å². The van der Waals surface area contributed by atoms with Crippen molar-refractivity contribution < 1.29 is 0 Å². The van der Waals surface area contributed by atoms with Crippen molar-refractivity contribution in [2.24, 2.45) is 5.41 Å². The van der Waals surface area contributed by atoms with E-state index in [9.17, 15) is 0 Å². The first-order valence-corrected chi connectivity index (χ1v) is 4.59. The lowest BCUT2D eigenvalue weighted by Gasteiger charge is -2.22. The first kappa shape index (κ1) is 6.47. The van der Waals surface area contributed by atoms with E-state index in [4.69, 9.17) is 0 Å². The molecule has 1 fully saturated rings. The lowest BCUT2D eigenvalue weighted by molar-refractivity contribution is 0.730. The zero-order valence-electron chi connectivity index (χ0n) is 7.14. The number of allylic oxidation sites excluding steroid dienone is 7. The van der Waals surface area contributed by atoms with Crippen molar-refractivity contribution in [1.29, 1.82) is 0 Å². The zero-order chi connectivity index (χ0) is 8.18. The number of hydrogen-bond donors (Lipinski definition) is 0. The Morgan fingerprint density at radius 2 is 2.17 bits per heavy atom. The Morgan fingerprint density at radius 1 is 1.33 bits per heavy atom. The second-order valence-electron chi connectivity index (χ2n) is 4.09. The molecule has 0 nitrogen and oxygen atoms in total. The minimum absolute atomic E-state index is 0.432. The van der Waals surface area contributed by atoms with Crippen molar-refractivity contribution in [1.82, 2.24) is 0 Å². The summed E-state index contributed by atoms with van der Waals surface area (Å²) in [5.41, 5.74) is 4.79. The minimum atomic E-state index is 0.432. The van der Waals surface area contributed by atoms with Crippen LogP contribution in [0, 0.1) is 5.41 Å². The highest BCUT2D eigenvalue weighted by atomic mass is 14.5. The predicted octanol–water partition coefficient (Wildman–Crippen LogP) is 3.15. The molecule has 0 N–H and O–H groups in total. The maximum absolute atomic E-state index is 4.18. The largest absolute Gasteiger partial charge is 0.0986 e. The van der Waals surface area contributed by atoms with E-state index in [-0.39, 0.29) is 0 Å². The van der Waals surface area contributed by atoms with E-state index < -0.39 is 0 Å². The summed E-state index contributed by atoms with van der Waals surface area (Å²) in [7, 11) is 0. The summed E-state index contributed by atoms with van der Waals surface area (Å²) in [4.78, 5) is 0. The molecule has 0 atom stereocenters. The topological polar surface area (TPSA) is 0 Å². The van der Waals surface area contributed by atoms with E-state index in [0.717, 1.165) is 6.42 Å². The molecule has 0 bridgehead atoms. The lowest BCUT2D eigenvalue weighted by atomic mass is 9.82. The Hall–Kier alpha value is -1.04. The molecule has 0 aromatic carbocycles. The first-order valence-electron chi connectivity index (χ1n) is 4.59. The van der Waals surface area contributed by atoms with Gasteiger partial charge in [-0.2, -0.15) is 0 Å². The summed E-state index contributed by atoms with van der Waals surface area (Å²) in [6, 6.07) is 0. The molecule has 0 aliphatic heterocycles. The zero-order valence-corrected chi connectivity index (χ0v) is 7.14. The molecule has 1 saturated carbocycles. The van der Waals surface area contributed by atoms with Gasteiger partial charge in [0.1, 0.15) is 0 Å². The highest BCUT2D eigenvalue weighted by Crippen LogP contribution is 2.58. The third-order valence-electron chi connectivity index (χ3n) is 3.27. The average molecular weight is 156 g/mol. The van der Waals surface area contributed by atoms with Gasteiger partial charge < -0.3 is 0 Å². The standard InChI is InChI=1S/C12H12/c1-9-7-10-3-2-4-11(10)8-12(9)5-6-12/h2-4,8H,1,5-7H2. The van der Waals surface area contributed by atoms with Crippen molar-refractivity contribution in [2.75, 3.05) is 0 Å². The van der Waals surface area contributed by atoms with Gasteiger partial charge in [-0.25, -0.2) is 0 Å². The van der Waals surface area contributed by atoms with Crippen LogP contribution in [-0.2, 0) is 0 Å². The van der Waals surface area contributed by atoms with E-state index in [1.54, 1.807) is 0 Å². The summed E-state index contributed by atoms with van der Waals surface area (Å²) in [5.74, 6) is 0. The van der Waals surface area contributed by atoms with Crippen LogP contribution in [0.5, 0.6) is 0 Å². The first-order chi connectivity index (χ1) is 5.80. The van der Waals surface area contributed by atoms with Gasteiger partial charge in [-0.3, -0.25) is 0 Å². The summed E-state index contributed by atoms with van der Waals surface area (Å²) in [6.45, 7) is 4.18. The highest BCUT2D eigenvalue weighted by molar-refractivity contribution is 5.56. The summed E-state index contributed by atoms with van der Waals surface area (Å²) >= 11 is 0. The Morgan fingerprint density at radius 3 is 2.92 bits per heavy atom. The summed E-state index contributed by atoms with van der Waals surface area (Å²) < 4.78 is 0. The van der Waals surface area contributed by atoms with Crippen molar-refractivity contribution in [3.05, 3.63) is 47.6 Å². The van der Waals surface area contributed by atoms with Crippen LogP contribution >= 0.6 is 0 Å². The molecule has 0 aromatic rings. The molecular weight excluding hydrogens is 144 g/mol. The molecule has 0 heterocycles. The van der Waals surface area contributed by atoms with E-state index in [1.165, 1.54) is 29.6 Å². The Bertz CT molecular complexity index is 346. The summed E-state index contributed by atoms with van der Waals surface area (Å²) in [5, 5.41) is 0. The van der Waals surface area contributed by atoms with Gasteiger partial charge >= 0.3 is 0 Å². The van der Waals surface area contributed by atoms with Crippen molar-refractivity contribution in [3.8, 4) is 0 Å². The monoisotopic (exact) mass is 156 g/mol. The fraction of sp³-hybridized carbons (Fsp3) is 0.333. The molecule has 1 spiro atoms. The molecule has 3 aliphatic rings. The molecule has 0 amide bonds.